The maximum atomic E-state index is 11.0. The summed E-state index contributed by atoms with van der Waals surface area (Å²) in [5, 5.41) is 0. The molecule has 0 bridgehead atoms. The first-order valence-electron chi connectivity index (χ1n) is 3.71. The van der Waals surface area contributed by atoms with Gasteiger partial charge in [-0.1, -0.05) is 0 Å². The average Bonchev–Trinajstić information content (AvgIpc) is 2.30. The molecule has 0 atom stereocenters. The molecule has 0 aromatic carbocycles. The van der Waals surface area contributed by atoms with E-state index in [0.29, 0.717) is 11.4 Å². The molecule has 0 spiro atoms. The van der Waals surface area contributed by atoms with Crippen LogP contribution in [0.25, 0.3) is 0 Å². The molecule has 1 heterocycles. The largest absolute Gasteiger partial charge is 0.339 e. The number of carbonyl (C=O) groups excluding carboxylic acids is 2. The molecule has 3 heteroatoms. The molecular weight excluding hydrogens is 154 g/mol. The molecule has 0 N–H and O–H groups in total. The Balaban J connectivity index is 3.22. The van der Waals surface area contributed by atoms with Crippen molar-refractivity contribution in [1.29, 1.82) is 0 Å². The van der Waals surface area contributed by atoms with Crippen molar-refractivity contribution in [3.05, 3.63) is 23.5 Å². The highest BCUT2D eigenvalue weighted by Crippen LogP contribution is 2.08. The Hall–Kier alpha value is -1.38. The van der Waals surface area contributed by atoms with E-state index >= 15 is 0 Å². The average molecular weight is 165 g/mol. The zero-order valence-electron chi connectivity index (χ0n) is 7.42. The lowest BCUT2D eigenvalue weighted by Crippen LogP contribution is -2.07. The Morgan fingerprint density at radius 1 is 1.08 bits per heavy atom. The Morgan fingerprint density at radius 3 is 1.58 bits per heavy atom. The van der Waals surface area contributed by atoms with E-state index in [2.05, 4.69) is 0 Å². The third kappa shape index (κ3) is 1.30. The van der Waals surface area contributed by atoms with Crippen LogP contribution in [0.2, 0.25) is 0 Å². The van der Waals surface area contributed by atoms with Crippen LogP contribution >= 0.6 is 0 Å². The summed E-state index contributed by atoms with van der Waals surface area (Å²) in [7, 11) is 1.72. The topological polar surface area (TPSA) is 39.1 Å². The summed E-state index contributed by atoms with van der Waals surface area (Å²) < 4.78 is 1.62. The van der Waals surface area contributed by atoms with E-state index in [1.54, 1.807) is 23.7 Å². The smallest absolute Gasteiger partial charge is 0.176 e. The van der Waals surface area contributed by atoms with Crippen molar-refractivity contribution in [2.45, 2.75) is 13.8 Å². The first-order chi connectivity index (χ1) is 5.54. The quantitative estimate of drug-likeness (QED) is 0.622. The molecule has 1 aromatic heterocycles. The van der Waals surface area contributed by atoms with Gasteiger partial charge in [-0.05, 0) is 12.1 Å². The maximum absolute atomic E-state index is 11.0. The molecule has 0 unspecified atom stereocenters. The van der Waals surface area contributed by atoms with Crippen LogP contribution in [0.15, 0.2) is 12.1 Å². The van der Waals surface area contributed by atoms with E-state index < -0.39 is 0 Å². The maximum Gasteiger partial charge on any atom is 0.176 e. The highest BCUT2D eigenvalue weighted by molar-refractivity contribution is 5.97. The van der Waals surface area contributed by atoms with Gasteiger partial charge in [0.25, 0.3) is 0 Å². The molecule has 0 saturated heterocycles. The minimum absolute atomic E-state index is 0.0231. The predicted octanol–water partition coefficient (Wildman–Crippen LogP) is 1.43. The fourth-order valence-corrected chi connectivity index (χ4v) is 1.22. The van der Waals surface area contributed by atoms with Crippen LogP contribution in [-0.2, 0) is 7.05 Å². The van der Waals surface area contributed by atoms with Gasteiger partial charge in [-0.15, -0.1) is 0 Å². The van der Waals surface area contributed by atoms with Gasteiger partial charge < -0.3 is 4.57 Å². The van der Waals surface area contributed by atoms with Crippen LogP contribution in [0.1, 0.15) is 34.8 Å². The number of ketones is 2. The molecule has 0 saturated carbocycles. The van der Waals surface area contributed by atoms with Crippen molar-refractivity contribution < 1.29 is 9.59 Å². The molecule has 0 aliphatic heterocycles. The summed E-state index contributed by atoms with van der Waals surface area (Å²) in [6, 6.07) is 3.33. The molecule has 0 aliphatic carbocycles. The van der Waals surface area contributed by atoms with Crippen molar-refractivity contribution in [3.8, 4) is 0 Å². The monoisotopic (exact) mass is 165 g/mol. The third-order valence-corrected chi connectivity index (χ3v) is 1.84. The Labute approximate surface area is 71.0 Å². The van der Waals surface area contributed by atoms with Crippen molar-refractivity contribution >= 4 is 11.6 Å². The van der Waals surface area contributed by atoms with Crippen LogP contribution in [0, 0.1) is 0 Å². The summed E-state index contributed by atoms with van der Waals surface area (Å²) in [5.74, 6) is -0.0463. The number of Topliss-reactive ketones (excluding diaryl/α,β-unsaturated/α-hetero) is 2. The highest BCUT2D eigenvalue weighted by Gasteiger charge is 2.10. The lowest BCUT2D eigenvalue weighted by molar-refractivity contribution is 0.100. The summed E-state index contributed by atoms with van der Waals surface area (Å²) >= 11 is 0. The van der Waals surface area contributed by atoms with Gasteiger partial charge in [-0.2, -0.15) is 0 Å². The van der Waals surface area contributed by atoms with Gasteiger partial charge >= 0.3 is 0 Å². The van der Waals surface area contributed by atoms with Crippen LogP contribution < -0.4 is 0 Å². The van der Waals surface area contributed by atoms with Gasteiger partial charge in [0.15, 0.2) is 11.6 Å². The second kappa shape index (κ2) is 2.93. The number of hydrogen-bond acceptors (Lipinski definition) is 2. The Morgan fingerprint density at radius 2 is 1.42 bits per heavy atom. The molecular formula is C9H11NO2. The number of aromatic nitrogens is 1. The number of carbonyl (C=O) groups is 2. The fourth-order valence-electron chi connectivity index (χ4n) is 1.22. The summed E-state index contributed by atoms with van der Waals surface area (Å²) in [6.45, 7) is 2.97. The van der Waals surface area contributed by atoms with E-state index in [1.807, 2.05) is 0 Å². The van der Waals surface area contributed by atoms with Crippen molar-refractivity contribution in [2.75, 3.05) is 0 Å². The lowest BCUT2D eigenvalue weighted by Gasteiger charge is -2.01. The zero-order valence-corrected chi connectivity index (χ0v) is 7.42. The fraction of sp³-hybridized carbons (Fsp3) is 0.333. The van der Waals surface area contributed by atoms with Gasteiger partial charge in [0, 0.05) is 20.9 Å². The second-order valence-electron chi connectivity index (χ2n) is 2.78. The van der Waals surface area contributed by atoms with Gasteiger partial charge in [-0.3, -0.25) is 9.59 Å². The molecule has 1 rings (SSSR count). The van der Waals surface area contributed by atoms with Gasteiger partial charge in [0.05, 0.1) is 11.4 Å². The number of nitrogens with zero attached hydrogens (tertiary/aromatic N) is 1. The van der Waals surface area contributed by atoms with Crippen LogP contribution in [0.3, 0.4) is 0 Å². The molecule has 3 nitrogen and oxygen atoms in total. The number of rotatable bonds is 2. The first kappa shape index (κ1) is 8.71. The molecule has 12 heavy (non-hydrogen) atoms. The van der Waals surface area contributed by atoms with Crippen molar-refractivity contribution in [1.82, 2.24) is 4.57 Å². The van der Waals surface area contributed by atoms with Crippen LogP contribution in [-0.4, -0.2) is 16.1 Å². The Kier molecular flexibility index (Phi) is 2.13. The van der Waals surface area contributed by atoms with Crippen LogP contribution in [0.5, 0.6) is 0 Å². The van der Waals surface area contributed by atoms with Crippen molar-refractivity contribution in [2.24, 2.45) is 7.05 Å². The molecule has 0 amide bonds. The van der Waals surface area contributed by atoms with E-state index in [1.165, 1.54) is 13.8 Å². The van der Waals surface area contributed by atoms with E-state index in [-0.39, 0.29) is 11.6 Å². The minimum Gasteiger partial charge on any atom is -0.339 e. The molecule has 1 aromatic rings. The molecule has 64 valence electrons. The molecule has 0 radical (unpaired) electrons. The normalized spacial score (nSPS) is 9.92. The molecule has 0 fully saturated rings. The summed E-state index contributed by atoms with van der Waals surface area (Å²) in [6.07, 6.45) is 0. The highest BCUT2D eigenvalue weighted by atomic mass is 16.1. The zero-order chi connectivity index (χ0) is 9.30. The summed E-state index contributed by atoms with van der Waals surface area (Å²) in [5.41, 5.74) is 1.14. The third-order valence-electron chi connectivity index (χ3n) is 1.84. The minimum atomic E-state index is -0.0231. The van der Waals surface area contributed by atoms with E-state index in [9.17, 15) is 9.59 Å². The standard InChI is InChI=1S/C9H11NO2/c1-6(11)8-4-5-9(7(2)12)10(8)3/h4-5H,1-3H3. The predicted molar refractivity (Wildman–Crippen MR) is 45.4 cm³/mol. The SMILES string of the molecule is CC(=O)c1ccc(C(C)=O)n1C. The lowest BCUT2D eigenvalue weighted by atomic mass is 10.3. The van der Waals surface area contributed by atoms with E-state index in [4.69, 9.17) is 0 Å². The van der Waals surface area contributed by atoms with E-state index in [0.717, 1.165) is 0 Å². The first-order valence-corrected chi connectivity index (χ1v) is 3.71. The molecule has 0 aliphatic rings. The van der Waals surface area contributed by atoms with Gasteiger partial charge in [-0.25, -0.2) is 0 Å². The Bertz CT molecular complexity index is 305. The van der Waals surface area contributed by atoms with Crippen LogP contribution in [0.4, 0.5) is 0 Å². The van der Waals surface area contributed by atoms with Gasteiger partial charge in [0.1, 0.15) is 0 Å². The summed E-state index contributed by atoms with van der Waals surface area (Å²) in [4.78, 5) is 21.9. The number of hydrogen-bond donors (Lipinski definition) is 0. The van der Waals surface area contributed by atoms with Gasteiger partial charge in [0.2, 0.25) is 0 Å². The second-order valence-corrected chi connectivity index (χ2v) is 2.78. The van der Waals surface area contributed by atoms with Crippen molar-refractivity contribution in [3.63, 3.8) is 0 Å².